The van der Waals surface area contributed by atoms with Gasteiger partial charge in [-0.15, -0.1) is 0 Å². The van der Waals surface area contributed by atoms with E-state index < -0.39 is 0 Å². The predicted octanol–water partition coefficient (Wildman–Crippen LogP) is 2.37. The molecule has 0 aromatic carbocycles. The van der Waals surface area contributed by atoms with Gasteiger partial charge < -0.3 is 9.64 Å². The number of ether oxygens (including phenoxy) is 1. The monoisotopic (exact) mass is 255 g/mol. The second-order valence-electron chi connectivity index (χ2n) is 6.32. The smallest absolute Gasteiger partial charge is 0.307 e. The maximum absolute atomic E-state index is 11.7. The van der Waals surface area contributed by atoms with Crippen LogP contribution in [0.3, 0.4) is 0 Å². The molecule has 0 saturated carbocycles. The highest BCUT2D eigenvalue weighted by molar-refractivity contribution is 5.78. The van der Waals surface area contributed by atoms with Crippen molar-refractivity contribution in [2.24, 2.45) is 5.41 Å². The lowest BCUT2D eigenvalue weighted by atomic mass is 9.99. The molecule has 0 aliphatic carbocycles. The summed E-state index contributed by atoms with van der Waals surface area (Å²) in [4.78, 5) is 25.2. The molecular formula is C14H25NO3. The molecule has 0 spiro atoms. The molecule has 0 aromatic heterocycles. The fourth-order valence-corrected chi connectivity index (χ4v) is 2.00. The molecule has 0 bridgehead atoms. The first-order valence-corrected chi connectivity index (χ1v) is 6.75. The molecule has 1 atom stereocenters. The van der Waals surface area contributed by atoms with Crippen molar-refractivity contribution < 1.29 is 14.3 Å². The molecule has 0 N–H and O–H groups in total. The van der Waals surface area contributed by atoms with Gasteiger partial charge in [0.15, 0.2) is 0 Å². The minimum atomic E-state index is -0.212. The van der Waals surface area contributed by atoms with E-state index in [-0.39, 0.29) is 23.3 Å². The van der Waals surface area contributed by atoms with Crippen molar-refractivity contribution in [1.29, 1.82) is 0 Å². The van der Waals surface area contributed by atoms with E-state index in [4.69, 9.17) is 4.74 Å². The van der Waals surface area contributed by atoms with Gasteiger partial charge in [0.05, 0.1) is 13.0 Å². The van der Waals surface area contributed by atoms with Gasteiger partial charge in [-0.1, -0.05) is 20.8 Å². The number of hydrogen-bond donors (Lipinski definition) is 0. The number of hydrogen-bond acceptors (Lipinski definition) is 3. The quantitative estimate of drug-likeness (QED) is 0.724. The molecule has 104 valence electrons. The maximum atomic E-state index is 11.7. The number of nitrogens with zero attached hydrogens (tertiary/aromatic N) is 1. The van der Waals surface area contributed by atoms with Crippen LogP contribution in [0.1, 0.15) is 53.4 Å². The molecule has 0 unspecified atom stereocenters. The summed E-state index contributed by atoms with van der Waals surface area (Å²) in [5, 5.41) is 0. The summed E-state index contributed by atoms with van der Waals surface area (Å²) in [5.41, 5.74) is -0.0140. The predicted molar refractivity (Wildman–Crippen MR) is 70.1 cm³/mol. The average molecular weight is 255 g/mol. The number of carbonyl (C=O) groups excluding carboxylic acids is 2. The van der Waals surface area contributed by atoms with E-state index in [1.165, 1.54) is 0 Å². The second-order valence-corrected chi connectivity index (χ2v) is 6.32. The van der Waals surface area contributed by atoms with Crippen molar-refractivity contribution in [3.05, 3.63) is 0 Å². The zero-order valence-corrected chi connectivity index (χ0v) is 12.0. The molecule has 18 heavy (non-hydrogen) atoms. The molecule has 0 radical (unpaired) electrons. The third-order valence-electron chi connectivity index (χ3n) is 3.02. The molecule has 1 aliphatic rings. The second kappa shape index (κ2) is 6.21. The van der Waals surface area contributed by atoms with Gasteiger partial charge in [0.1, 0.15) is 0 Å². The van der Waals surface area contributed by atoms with Crippen LogP contribution >= 0.6 is 0 Å². The van der Waals surface area contributed by atoms with Gasteiger partial charge in [-0.2, -0.15) is 0 Å². The molecule has 4 nitrogen and oxygen atoms in total. The number of carbonyl (C=O) groups is 2. The van der Waals surface area contributed by atoms with E-state index in [2.05, 4.69) is 0 Å². The number of piperidine rings is 1. The van der Waals surface area contributed by atoms with Crippen LogP contribution in [0.2, 0.25) is 0 Å². The zero-order valence-electron chi connectivity index (χ0n) is 12.0. The SMILES string of the molecule is C[C@H](CC(=O)OCC(C)(C)C)N1CCCCC1=O. The summed E-state index contributed by atoms with van der Waals surface area (Å²) in [7, 11) is 0. The Morgan fingerprint density at radius 3 is 2.61 bits per heavy atom. The summed E-state index contributed by atoms with van der Waals surface area (Å²) >= 11 is 0. The largest absolute Gasteiger partial charge is 0.465 e. The minimum absolute atomic E-state index is 0.0140. The van der Waals surface area contributed by atoms with Crippen LogP contribution in [-0.2, 0) is 14.3 Å². The Balaban J connectivity index is 2.36. The Labute approximate surface area is 110 Å². The van der Waals surface area contributed by atoms with Crippen LogP contribution in [0.15, 0.2) is 0 Å². The summed E-state index contributed by atoms with van der Waals surface area (Å²) in [6.45, 7) is 9.19. The molecule has 1 saturated heterocycles. The summed E-state index contributed by atoms with van der Waals surface area (Å²) < 4.78 is 5.23. The van der Waals surface area contributed by atoms with Gasteiger partial charge in [0, 0.05) is 19.0 Å². The number of esters is 1. The highest BCUT2D eigenvalue weighted by Gasteiger charge is 2.25. The molecule has 4 heteroatoms. The highest BCUT2D eigenvalue weighted by atomic mass is 16.5. The molecule has 0 aromatic rings. The molecule has 1 amide bonds. The van der Waals surface area contributed by atoms with E-state index in [0.717, 1.165) is 19.4 Å². The maximum Gasteiger partial charge on any atom is 0.307 e. The van der Waals surface area contributed by atoms with Crippen molar-refractivity contribution in [1.82, 2.24) is 4.90 Å². The van der Waals surface area contributed by atoms with E-state index in [0.29, 0.717) is 19.4 Å². The third kappa shape index (κ3) is 5.07. The van der Waals surface area contributed by atoms with Crippen molar-refractivity contribution in [2.75, 3.05) is 13.2 Å². The van der Waals surface area contributed by atoms with E-state index in [1.807, 2.05) is 32.6 Å². The normalized spacial score (nSPS) is 18.7. The molecular weight excluding hydrogens is 230 g/mol. The van der Waals surface area contributed by atoms with Crippen LogP contribution in [0, 0.1) is 5.41 Å². The van der Waals surface area contributed by atoms with Crippen LogP contribution in [-0.4, -0.2) is 36.0 Å². The van der Waals surface area contributed by atoms with Gasteiger partial charge in [-0.3, -0.25) is 9.59 Å². The van der Waals surface area contributed by atoms with Crippen LogP contribution in [0.5, 0.6) is 0 Å². The molecule has 1 fully saturated rings. The third-order valence-corrected chi connectivity index (χ3v) is 3.02. The highest BCUT2D eigenvalue weighted by Crippen LogP contribution is 2.17. The lowest BCUT2D eigenvalue weighted by Crippen LogP contribution is -2.43. The van der Waals surface area contributed by atoms with Crippen LogP contribution in [0.25, 0.3) is 0 Å². The Hall–Kier alpha value is -1.06. The van der Waals surface area contributed by atoms with Crippen molar-refractivity contribution in [3.8, 4) is 0 Å². The fraction of sp³-hybridized carbons (Fsp3) is 0.857. The fourth-order valence-electron chi connectivity index (χ4n) is 2.00. The Morgan fingerprint density at radius 1 is 1.39 bits per heavy atom. The minimum Gasteiger partial charge on any atom is -0.465 e. The molecule has 1 aliphatic heterocycles. The Bertz CT molecular complexity index is 307. The Kier molecular flexibility index (Phi) is 5.17. The van der Waals surface area contributed by atoms with Crippen LogP contribution in [0.4, 0.5) is 0 Å². The number of likely N-dealkylation sites (tertiary alicyclic amines) is 1. The topological polar surface area (TPSA) is 46.6 Å². The van der Waals surface area contributed by atoms with Crippen LogP contribution < -0.4 is 0 Å². The zero-order chi connectivity index (χ0) is 13.8. The lowest BCUT2D eigenvalue weighted by molar-refractivity contribution is -0.149. The van der Waals surface area contributed by atoms with E-state index >= 15 is 0 Å². The number of amides is 1. The molecule has 1 heterocycles. The summed E-state index contributed by atoms with van der Waals surface area (Å²) in [6.07, 6.45) is 2.91. The van der Waals surface area contributed by atoms with Gasteiger partial charge in [0.2, 0.25) is 5.91 Å². The van der Waals surface area contributed by atoms with E-state index in [1.54, 1.807) is 0 Å². The lowest BCUT2D eigenvalue weighted by Gasteiger charge is -2.32. The summed E-state index contributed by atoms with van der Waals surface area (Å²) in [5.74, 6) is -0.0480. The molecule has 1 rings (SSSR count). The average Bonchev–Trinajstić information content (AvgIpc) is 2.26. The first-order valence-electron chi connectivity index (χ1n) is 6.75. The van der Waals surface area contributed by atoms with Crippen molar-refractivity contribution in [3.63, 3.8) is 0 Å². The first-order chi connectivity index (χ1) is 8.29. The van der Waals surface area contributed by atoms with Crippen molar-refractivity contribution >= 4 is 11.9 Å². The van der Waals surface area contributed by atoms with E-state index in [9.17, 15) is 9.59 Å². The standard InChI is InChI=1S/C14H25NO3/c1-11(15-8-6-5-7-12(15)16)9-13(17)18-10-14(2,3)4/h11H,5-10H2,1-4H3/t11-/m1/s1. The summed E-state index contributed by atoms with van der Waals surface area (Å²) in [6, 6.07) is -0.0507. The Morgan fingerprint density at radius 2 is 2.06 bits per heavy atom. The van der Waals surface area contributed by atoms with Gasteiger partial charge in [0.25, 0.3) is 0 Å². The van der Waals surface area contributed by atoms with Gasteiger partial charge in [-0.25, -0.2) is 0 Å². The number of rotatable bonds is 4. The van der Waals surface area contributed by atoms with Gasteiger partial charge >= 0.3 is 5.97 Å². The van der Waals surface area contributed by atoms with Crippen molar-refractivity contribution in [2.45, 2.75) is 59.4 Å². The van der Waals surface area contributed by atoms with Gasteiger partial charge in [-0.05, 0) is 25.2 Å². The first kappa shape index (κ1) is 15.0.